The van der Waals surface area contributed by atoms with E-state index in [9.17, 15) is 4.79 Å². The summed E-state index contributed by atoms with van der Waals surface area (Å²) in [4.78, 5) is 27.9. The molecule has 0 radical (unpaired) electrons. The smallest absolute Gasteiger partial charge is 0.419 e. The Hall–Kier alpha value is -3.27. The molecule has 2 aromatic carbocycles. The third-order valence-corrected chi connectivity index (χ3v) is 8.22. The molecule has 2 aliphatic heterocycles. The van der Waals surface area contributed by atoms with Gasteiger partial charge in [0.05, 0.1) is 44.1 Å². The average molecular weight is 548 g/mol. The number of rotatable bonds is 10. The van der Waals surface area contributed by atoms with E-state index < -0.39 is 0 Å². The van der Waals surface area contributed by atoms with Crippen molar-refractivity contribution in [3.63, 3.8) is 0 Å². The second-order valence-corrected chi connectivity index (χ2v) is 10.6. The molecule has 0 spiro atoms. The number of morpholine rings is 1. The van der Waals surface area contributed by atoms with Crippen molar-refractivity contribution in [3.8, 4) is 5.75 Å². The Morgan fingerprint density at radius 2 is 1.82 bits per heavy atom. The number of amides is 2. The molecule has 2 N–H and O–H groups in total. The quantitative estimate of drug-likeness (QED) is 0.376. The highest BCUT2D eigenvalue weighted by Crippen LogP contribution is 2.30. The average Bonchev–Trinajstić information content (AvgIpc) is 3.01. The van der Waals surface area contributed by atoms with Gasteiger partial charge < -0.3 is 19.3 Å². The Morgan fingerprint density at radius 3 is 2.55 bits per heavy atom. The Morgan fingerprint density at radius 1 is 1.07 bits per heavy atom. The van der Waals surface area contributed by atoms with Gasteiger partial charge in [-0.1, -0.05) is 13.8 Å². The Labute approximate surface area is 237 Å². The van der Waals surface area contributed by atoms with Crippen LogP contribution in [0.25, 0.3) is 10.9 Å². The van der Waals surface area contributed by atoms with E-state index in [0.717, 1.165) is 111 Å². The molecule has 1 aromatic heterocycles. The van der Waals surface area contributed by atoms with Gasteiger partial charge in [-0.2, -0.15) is 0 Å². The molecule has 2 aliphatic rings. The number of carbonyl (C=O) groups excluding carboxylic acids is 1. The summed E-state index contributed by atoms with van der Waals surface area (Å²) in [6, 6.07) is 14.3. The second kappa shape index (κ2) is 13.9. The molecule has 0 aliphatic carbocycles. The molecule has 2 fully saturated rings. The number of fused-ring (bicyclic) bond motifs is 1. The van der Waals surface area contributed by atoms with Crippen LogP contribution in [-0.4, -0.2) is 86.5 Å². The van der Waals surface area contributed by atoms with Gasteiger partial charge in [-0.15, -0.1) is 0 Å². The van der Waals surface area contributed by atoms with Crippen LogP contribution in [0.15, 0.2) is 48.8 Å². The van der Waals surface area contributed by atoms with Gasteiger partial charge in [-0.3, -0.25) is 10.2 Å². The molecule has 0 atom stereocenters. The molecule has 214 valence electrons. The molecule has 0 unspecified atom stereocenters. The third kappa shape index (κ3) is 7.08. The van der Waals surface area contributed by atoms with Crippen molar-refractivity contribution in [2.24, 2.45) is 0 Å². The molecular weight excluding hydrogens is 504 g/mol. The molecule has 9 heteroatoms. The highest BCUT2D eigenvalue weighted by atomic mass is 16.5. The largest absolute Gasteiger partial charge is 0.493 e. The number of nitrogens with zero attached hydrogens (tertiary/aromatic N) is 4. The van der Waals surface area contributed by atoms with Crippen molar-refractivity contribution < 1.29 is 19.2 Å². The summed E-state index contributed by atoms with van der Waals surface area (Å²) in [6.07, 6.45) is 4.49. The molecule has 2 saturated heterocycles. The Balaban J connectivity index is 1.13. The first-order valence-electron chi connectivity index (χ1n) is 14.8. The maximum absolute atomic E-state index is 13.0. The van der Waals surface area contributed by atoms with Crippen molar-refractivity contribution >= 4 is 28.3 Å². The van der Waals surface area contributed by atoms with E-state index in [1.54, 1.807) is 6.33 Å². The zero-order valence-electron chi connectivity index (χ0n) is 23.9. The number of urea groups is 1. The number of benzene rings is 2. The number of anilines is 2. The van der Waals surface area contributed by atoms with Crippen LogP contribution in [0.1, 0.15) is 44.7 Å². The summed E-state index contributed by atoms with van der Waals surface area (Å²) >= 11 is 0. The van der Waals surface area contributed by atoms with Crippen molar-refractivity contribution in [1.82, 2.24) is 14.9 Å². The lowest BCUT2D eigenvalue weighted by Crippen LogP contribution is -3.16. The first-order valence-corrected chi connectivity index (χ1v) is 14.8. The second-order valence-electron chi connectivity index (χ2n) is 10.6. The van der Waals surface area contributed by atoms with Crippen molar-refractivity contribution in [1.29, 1.82) is 0 Å². The lowest BCUT2D eigenvalue weighted by Gasteiger charge is -2.29. The lowest BCUT2D eigenvalue weighted by molar-refractivity contribution is -0.819. The van der Waals surface area contributed by atoms with E-state index in [4.69, 9.17) is 9.47 Å². The standard InChI is InChI=1S/C31H42N6O3/c1-3-35(4-2)14-5-19-40-27-10-11-28-29(22-27)32-23-33-30(28)24-12-15-37(16-13-24)31(38)34-25-6-8-26(9-7-25)36-17-20-39-21-18-36/h6-11,22-24H,3-5,12-21H2,1-2H3,(H,34,38)/p+1. The number of quaternary nitrogens is 1. The summed E-state index contributed by atoms with van der Waals surface area (Å²) < 4.78 is 11.5. The predicted molar refractivity (Wildman–Crippen MR) is 159 cm³/mol. The van der Waals surface area contributed by atoms with Crippen molar-refractivity contribution in [2.45, 2.75) is 39.0 Å². The molecule has 0 saturated carbocycles. The third-order valence-electron chi connectivity index (χ3n) is 8.22. The van der Waals surface area contributed by atoms with Crippen LogP contribution in [0.2, 0.25) is 0 Å². The predicted octanol–water partition coefficient (Wildman–Crippen LogP) is 3.57. The monoisotopic (exact) mass is 547 g/mol. The lowest BCUT2D eigenvalue weighted by atomic mass is 9.91. The molecule has 0 bridgehead atoms. The molecule has 3 heterocycles. The molecule has 9 nitrogen and oxygen atoms in total. The van der Waals surface area contributed by atoms with Gasteiger partial charge in [0.25, 0.3) is 0 Å². The van der Waals surface area contributed by atoms with Gasteiger partial charge in [0, 0.05) is 61.2 Å². The van der Waals surface area contributed by atoms with Crippen molar-refractivity contribution in [2.75, 3.05) is 75.9 Å². The van der Waals surface area contributed by atoms with Crippen LogP contribution < -0.4 is 19.9 Å². The van der Waals surface area contributed by atoms with Crippen LogP contribution >= 0.6 is 0 Å². The molecule has 2 amide bonds. The molecule has 3 aromatic rings. The number of nitrogens with one attached hydrogen (secondary N) is 2. The number of hydrogen-bond acceptors (Lipinski definition) is 7. The summed E-state index contributed by atoms with van der Waals surface area (Å²) in [7, 11) is 0. The molecule has 5 rings (SSSR count). The number of likely N-dealkylation sites (tertiary alicyclic amines) is 1. The summed E-state index contributed by atoms with van der Waals surface area (Å²) in [5.41, 5.74) is 4.00. The van der Waals surface area contributed by atoms with E-state index in [2.05, 4.69) is 57.1 Å². The minimum Gasteiger partial charge on any atom is -0.493 e. The normalized spacial score (nSPS) is 19.6. The van der Waals surface area contributed by atoms with E-state index >= 15 is 0 Å². The van der Waals surface area contributed by atoms with Crippen molar-refractivity contribution in [3.05, 3.63) is 54.5 Å². The fourth-order valence-electron chi connectivity index (χ4n) is 5.75. The number of carbonyl (C=O) groups is 1. The van der Waals surface area contributed by atoms with Crippen LogP contribution in [-0.2, 0) is 4.74 Å². The Kier molecular flexibility index (Phi) is 9.81. The SMILES string of the molecule is CCN(CC)CCCOc1ccc2c(C3CC[NH+](C(=O)Nc4ccc(N5CCOCC5)cc4)CC3)ncnc2c1. The Bertz CT molecular complexity index is 1240. The number of ether oxygens (including phenoxy) is 2. The first kappa shape index (κ1) is 28.3. The summed E-state index contributed by atoms with van der Waals surface area (Å²) in [5, 5.41) is 4.18. The zero-order valence-corrected chi connectivity index (χ0v) is 23.9. The fourth-order valence-corrected chi connectivity index (χ4v) is 5.75. The van der Waals surface area contributed by atoms with Crippen LogP contribution in [0.5, 0.6) is 5.75 Å². The summed E-state index contributed by atoms with van der Waals surface area (Å²) in [6.45, 7) is 13.1. The summed E-state index contributed by atoms with van der Waals surface area (Å²) in [5.74, 6) is 1.17. The maximum Gasteiger partial charge on any atom is 0.419 e. The topological polar surface area (TPSA) is 84.3 Å². The highest BCUT2D eigenvalue weighted by Gasteiger charge is 2.30. The highest BCUT2D eigenvalue weighted by molar-refractivity contribution is 5.83. The minimum atomic E-state index is 0.0351. The van der Waals surface area contributed by atoms with Gasteiger partial charge >= 0.3 is 6.03 Å². The van der Waals surface area contributed by atoms with E-state index in [-0.39, 0.29) is 6.03 Å². The number of aromatic nitrogens is 2. The van der Waals surface area contributed by atoms with Crippen LogP contribution in [0, 0.1) is 0 Å². The van der Waals surface area contributed by atoms with Gasteiger partial charge in [0.2, 0.25) is 0 Å². The number of hydrogen-bond donors (Lipinski definition) is 2. The number of piperidine rings is 1. The fraction of sp³-hybridized carbons (Fsp3) is 0.516. The van der Waals surface area contributed by atoms with E-state index in [0.29, 0.717) is 12.5 Å². The first-order chi connectivity index (χ1) is 19.6. The van der Waals surface area contributed by atoms with Gasteiger partial charge in [0.15, 0.2) is 0 Å². The maximum atomic E-state index is 13.0. The van der Waals surface area contributed by atoms with E-state index in [1.807, 2.05) is 24.3 Å². The van der Waals surface area contributed by atoms with Crippen LogP contribution in [0.3, 0.4) is 0 Å². The van der Waals surface area contributed by atoms with E-state index in [1.165, 1.54) is 5.69 Å². The zero-order chi connectivity index (χ0) is 27.7. The minimum absolute atomic E-state index is 0.0351. The van der Waals surface area contributed by atoms with Crippen LogP contribution in [0.4, 0.5) is 16.2 Å². The van der Waals surface area contributed by atoms with Gasteiger partial charge in [-0.25, -0.2) is 14.8 Å². The van der Waals surface area contributed by atoms with Gasteiger partial charge in [-0.05, 0) is 55.9 Å². The molecule has 40 heavy (non-hydrogen) atoms. The molecular formula is C31H43N6O3+. The van der Waals surface area contributed by atoms with Gasteiger partial charge in [0.1, 0.15) is 12.1 Å².